The van der Waals surface area contributed by atoms with Crippen molar-refractivity contribution in [2.45, 2.75) is 6.92 Å². The van der Waals surface area contributed by atoms with Gasteiger partial charge in [0.1, 0.15) is 5.75 Å². The molecule has 0 atom stereocenters. The molecule has 0 heterocycles. The van der Waals surface area contributed by atoms with E-state index in [0.717, 1.165) is 5.56 Å². The average molecular weight is 298 g/mol. The second-order valence-corrected chi connectivity index (χ2v) is 4.69. The third-order valence-corrected chi connectivity index (χ3v) is 2.94. The van der Waals surface area contributed by atoms with Crippen LogP contribution >= 0.6 is 0 Å². The number of nitrogens with zero attached hydrogens (tertiary/aromatic N) is 1. The second-order valence-electron chi connectivity index (χ2n) is 4.69. The highest BCUT2D eigenvalue weighted by Gasteiger charge is 2.05. The van der Waals surface area contributed by atoms with Gasteiger partial charge in [0.05, 0.1) is 10.6 Å². The summed E-state index contributed by atoms with van der Waals surface area (Å²) in [6.07, 6.45) is 2.82. The minimum absolute atomic E-state index is 0.00270. The summed E-state index contributed by atoms with van der Waals surface area (Å²) in [7, 11) is 0. The van der Waals surface area contributed by atoms with Crippen molar-refractivity contribution in [2.24, 2.45) is 0 Å². The number of phenolic OH excluding ortho intramolecular Hbond substituents is 1. The van der Waals surface area contributed by atoms with Gasteiger partial charge in [-0.15, -0.1) is 0 Å². The summed E-state index contributed by atoms with van der Waals surface area (Å²) >= 11 is 0. The molecule has 1 amide bonds. The van der Waals surface area contributed by atoms with E-state index in [-0.39, 0.29) is 11.4 Å². The molecule has 22 heavy (non-hydrogen) atoms. The quantitative estimate of drug-likeness (QED) is 0.392. The Morgan fingerprint density at radius 2 is 1.91 bits per heavy atom. The molecule has 2 N–H and O–H groups in total. The molecule has 0 fully saturated rings. The molecule has 0 aliphatic rings. The Morgan fingerprint density at radius 1 is 1.23 bits per heavy atom. The first-order chi connectivity index (χ1) is 10.5. The first-order valence-electron chi connectivity index (χ1n) is 6.49. The maximum absolute atomic E-state index is 11.8. The summed E-state index contributed by atoms with van der Waals surface area (Å²) < 4.78 is 0. The van der Waals surface area contributed by atoms with Crippen LogP contribution in [0.15, 0.2) is 48.5 Å². The van der Waals surface area contributed by atoms with Crippen LogP contribution in [0.25, 0.3) is 6.08 Å². The van der Waals surface area contributed by atoms with E-state index < -0.39 is 10.8 Å². The van der Waals surface area contributed by atoms with Gasteiger partial charge in [-0.2, -0.15) is 0 Å². The number of nitro benzene ring substituents is 1. The van der Waals surface area contributed by atoms with Crippen LogP contribution in [0.3, 0.4) is 0 Å². The number of carbonyl (C=O) groups excluding carboxylic acids is 1. The number of carbonyl (C=O) groups is 1. The lowest BCUT2D eigenvalue weighted by molar-refractivity contribution is -0.384. The molecule has 0 unspecified atom stereocenters. The average Bonchev–Trinajstić information content (AvgIpc) is 2.48. The number of hydrogen-bond acceptors (Lipinski definition) is 4. The number of nitro groups is 1. The van der Waals surface area contributed by atoms with Crippen LogP contribution in [-0.2, 0) is 4.79 Å². The zero-order chi connectivity index (χ0) is 16.1. The Hall–Kier alpha value is -3.15. The lowest BCUT2D eigenvalue weighted by atomic mass is 10.2. The normalized spacial score (nSPS) is 10.6. The standard InChI is InChI=1S/C16H14N2O4/c1-11-2-8-14(15(19)10-11)17-16(20)9-5-12-3-6-13(7-4-12)18(21)22/h2-10,19H,1H3,(H,17,20)/b9-5+. The molecule has 2 rings (SSSR count). The summed E-state index contributed by atoms with van der Waals surface area (Å²) in [6.45, 7) is 1.83. The van der Waals surface area contributed by atoms with Crippen molar-refractivity contribution in [3.05, 3.63) is 69.8 Å². The second kappa shape index (κ2) is 6.53. The summed E-state index contributed by atoms with van der Waals surface area (Å²) in [5.41, 5.74) is 1.86. The molecule has 0 bridgehead atoms. The fraction of sp³-hybridized carbons (Fsp3) is 0.0625. The molecule has 0 aromatic heterocycles. The number of non-ortho nitro benzene ring substituents is 1. The largest absolute Gasteiger partial charge is 0.506 e. The van der Waals surface area contributed by atoms with Crippen LogP contribution in [0.5, 0.6) is 5.75 Å². The minimum Gasteiger partial charge on any atom is -0.506 e. The van der Waals surface area contributed by atoms with Gasteiger partial charge in [-0.3, -0.25) is 14.9 Å². The van der Waals surface area contributed by atoms with Gasteiger partial charge < -0.3 is 10.4 Å². The van der Waals surface area contributed by atoms with Gasteiger partial charge in [-0.1, -0.05) is 6.07 Å². The predicted octanol–water partition coefficient (Wildman–Crippen LogP) is 3.26. The molecule has 112 valence electrons. The molecule has 0 aliphatic heterocycles. The summed E-state index contributed by atoms with van der Waals surface area (Å²) in [6, 6.07) is 10.8. The number of phenols is 1. The first kappa shape index (κ1) is 15.2. The lowest BCUT2D eigenvalue weighted by Gasteiger charge is -2.05. The van der Waals surface area contributed by atoms with E-state index in [1.54, 1.807) is 30.3 Å². The monoisotopic (exact) mass is 298 g/mol. The van der Waals surface area contributed by atoms with Crippen LogP contribution in [0, 0.1) is 17.0 Å². The highest BCUT2D eigenvalue weighted by Crippen LogP contribution is 2.23. The van der Waals surface area contributed by atoms with Gasteiger partial charge in [0.2, 0.25) is 5.91 Å². The topological polar surface area (TPSA) is 92.5 Å². The van der Waals surface area contributed by atoms with E-state index in [2.05, 4.69) is 5.32 Å². The summed E-state index contributed by atoms with van der Waals surface area (Å²) in [5, 5.41) is 22.8. The molecule has 6 heteroatoms. The number of anilines is 1. The fourth-order valence-corrected chi connectivity index (χ4v) is 1.80. The fourth-order valence-electron chi connectivity index (χ4n) is 1.80. The number of aryl methyl sites for hydroxylation is 1. The number of hydrogen-bond donors (Lipinski definition) is 2. The maximum Gasteiger partial charge on any atom is 0.269 e. The Labute approximate surface area is 126 Å². The molecule has 0 spiro atoms. The molecular formula is C16H14N2O4. The number of amides is 1. The van der Waals surface area contributed by atoms with Crippen LogP contribution in [0.2, 0.25) is 0 Å². The molecule has 0 saturated carbocycles. The number of aromatic hydroxyl groups is 1. The molecule has 0 radical (unpaired) electrons. The third-order valence-electron chi connectivity index (χ3n) is 2.94. The molecular weight excluding hydrogens is 284 g/mol. The Kier molecular flexibility index (Phi) is 4.53. The smallest absolute Gasteiger partial charge is 0.269 e. The van der Waals surface area contributed by atoms with Gasteiger partial charge in [-0.05, 0) is 48.4 Å². The van der Waals surface area contributed by atoms with Crippen molar-refractivity contribution < 1.29 is 14.8 Å². The molecule has 0 aliphatic carbocycles. The van der Waals surface area contributed by atoms with Gasteiger partial charge in [-0.25, -0.2) is 0 Å². The first-order valence-corrected chi connectivity index (χ1v) is 6.49. The van der Waals surface area contributed by atoms with Crippen LogP contribution < -0.4 is 5.32 Å². The zero-order valence-corrected chi connectivity index (χ0v) is 11.8. The highest BCUT2D eigenvalue weighted by atomic mass is 16.6. The summed E-state index contributed by atoms with van der Waals surface area (Å²) in [5.74, 6) is -0.408. The van der Waals surface area contributed by atoms with E-state index >= 15 is 0 Å². The Balaban J connectivity index is 2.03. The van der Waals surface area contributed by atoms with Crippen molar-refractivity contribution in [2.75, 3.05) is 5.32 Å². The van der Waals surface area contributed by atoms with E-state index in [0.29, 0.717) is 11.3 Å². The van der Waals surface area contributed by atoms with Crippen molar-refractivity contribution in [3.8, 4) is 5.75 Å². The lowest BCUT2D eigenvalue weighted by Crippen LogP contribution is -2.07. The molecule has 2 aromatic carbocycles. The van der Waals surface area contributed by atoms with Crippen molar-refractivity contribution in [1.82, 2.24) is 0 Å². The Morgan fingerprint density at radius 3 is 2.50 bits per heavy atom. The zero-order valence-electron chi connectivity index (χ0n) is 11.8. The highest BCUT2D eigenvalue weighted by molar-refractivity contribution is 6.02. The van der Waals surface area contributed by atoms with E-state index in [9.17, 15) is 20.0 Å². The van der Waals surface area contributed by atoms with Gasteiger partial charge in [0.25, 0.3) is 5.69 Å². The van der Waals surface area contributed by atoms with Gasteiger partial charge in [0.15, 0.2) is 0 Å². The van der Waals surface area contributed by atoms with Crippen LogP contribution in [0.4, 0.5) is 11.4 Å². The summed E-state index contributed by atoms with van der Waals surface area (Å²) in [4.78, 5) is 21.8. The minimum atomic E-state index is -0.486. The third kappa shape index (κ3) is 3.92. The van der Waals surface area contributed by atoms with Crippen molar-refractivity contribution in [3.63, 3.8) is 0 Å². The number of nitrogens with one attached hydrogen (secondary N) is 1. The number of benzene rings is 2. The SMILES string of the molecule is Cc1ccc(NC(=O)/C=C/c2ccc([N+](=O)[O-])cc2)c(O)c1. The molecule has 0 saturated heterocycles. The van der Waals surface area contributed by atoms with Crippen molar-refractivity contribution >= 4 is 23.4 Å². The van der Waals surface area contributed by atoms with E-state index in [4.69, 9.17) is 0 Å². The van der Waals surface area contributed by atoms with Crippen LogP contribution in [-0.4, -0.2) is 15.9 Å². The van der Waals surface area contributed by atoms with Crippen molar-refractivity contribution in [1.29, 1.82) is 0 Å². The van der Waals surface area contributed by atoms with Gasteiger partial charge in [0, 0.05) is 18.2 Å². The Bertz CT molecular complexity index is 736. The van der Waals surface area contributed by atoms with E-state index in [1.165, 1.54) is 24.3 Å². The van der Waals surface area contributed by atoms with E-state index in [1.807, 2.05) is 6.92 Å². The predicted molar refractivity (Wildman–Crippen MR) is 83.6 cm³/mol. The van der Waals surface area contributed by atoms with Crippen LogP contribution in [0.1, 0.15) is 11.1 Å². The maximum atomic E-state index is 11.8. The number of rotatable bonds is 4. The molecule has 2 aromatic rings. The van der Waals surface area contributed by atoms with Gasteiger partial charge >= 0.3 is 0 Å². The molecule has 6 nitrogen and oxygen atoms in total.